The van der Waals surface area contributed by atoms with Crippen LogP contribution in [0, 0.1) is 0 Å². The second-order valence-electron chi connectivity index (χ2n) is 5.96. The molecule has 1 aromatic carbocycles. The predicted molar refractivity (Wildman–Crippen MR) is 96.4 cm³/mol. The number of carbonyl (C=O) groups excluding carboxylic acids is 3. The summed E-state index contributed by atoms with van der Waals surface area (Å²) in [5.41, 5.74) is 0.993. The smallest absolute Gasteiger partial charge is 0.288 e. The molecule has 1 unspecified atom stereocenters. The summed E-state index contributed by atoms with van der Waals surface area (Å²) in [6.07, 6.45) is 0. The van der Waals surface area contributed by atoms with Gasteiger partial charge in [0.2, 0.25) is 11.8 Å². The highest BCUT2D eigenvalue weighted by atomic mass is 32.2. The monoisotopic (exact) mass is 379 g/mol. The highest BCUT2D eigenvalue weighted by Crippen LogP contribution is 2.32. The average molecular weight is 379 g/mol. The van der Waals surface area contributed by atoms with Gasteiger partial charge in [0.15, 0.2) is 11.5 Å². The fourth-order valence-electron chi connectivity index (χ4n) is 2.66. The summed E-state index contributed by atoms with van der Waals surface area (Å²) in [6, 6.07) is 5.66. The van der Waals surface area contributed by atoms with Crippen LogP contribution in [-0.4, -0.2) is 60.6 Å². The van der Waals surface area contributed by atoms with Crippen LogP contribution in [0.25, 0.3) is 0 Å². The lowest BCUT2D eigenvalue weighted by molar-refractivity contribution is -0.125. The zero-order chi connectivity index (χ0) is 18.5. The molecule has 140 valence electrons. The van der Waals surface area contributed by atoms with Crippen LogP contribution >= 0.6 is 11.8 Å². The van der Waals surface area contributed by atoms with Gasteiger partial charge < -0.3 is 20.1 Å². The van der Waals surface area contributed by atoms with E-state index in [1.807, 2.05) is 25.1 Å². The van der Waals surface area contributed by atoms with Gasteiger partial charge in [0.25, 0.3) is 5.24 Å². The van der Waals surface area contributed by atoms with Crippen LogP contribution in [0.2, 0.25) is 0 Å². The largest absolute Gasteiger partial charge is 0.486 e. The van der Waals surface area contributed by atoms with Crippen molar-refractivity contribution >= 4 is 28.8 Å². The van der Waals surface area contributed by atoms with Crippen LogP contribution < -0.4 is 20.1 Å². The van der Waals surface area contributed by atoms with Crippen LogP contribution in [0.5, 0.6) is 11.5 Å². The fourth-order valence-corrected chi connectivity index (χ4v) is 3.41. The Hall–Kier alpha value is -2.26. The second-order valence-corrected chi connectivity index (χ2v) is 6.88. The molecule has 3 amide bonds. The van der Waals surface area contributed by atoms with Crippen molar-refractivity contribution in [2.24, 2.45) is 0 Å². The number of nitrogens with one attached hydrogen (secondary N) is 2. The molecule has 1 saturated heterocycles. The van der Waals surface area contributed by atoms with Crippen molar-refractivity contribution in [3.05, 3.63) is 23.8 Å². The van der Waals surface area contributed by atoms with E-state index >= 15 is 0 Å². The number of rotatable bonds is 7. The van der Waals surface area contributed by atoms with Gasteiger partial charge in [-0.25, -0.2) is 0 Å². The quantitative estimate of drug-likeness (QED) is 0.727. The molecule has 3 rings (SSSR count). The van der Waals surface area contributed by atoms with Gasteiger partial charge in [-0.3, -0.25) is 19.3 Å². The molecule has 1 fully saturated rings. The highest BCUT2D eigenvalue weighted by Gasteiger charge is 2.29. The van der Waals surface area contributed by atoms with Crippen molar-refractivity contribution in [3.8, 4) is 11.5 Å². The van der Waals surface area contributed by atoms with Crippen molar-refractivity contribution in [2.75, 3.05) is 38.6 Å². The van der Waals surface area contributed by atoms with E-state index in [4.69, 9.17) is 9.47 Å². The molecule has 0 saturated carbocycles. The van der Waals surface area contributed by atoms with Crippen LogP contribution in [0.3, 0.4) is 0 Å². The van der Waals surface area contributed by atoms with E-state index in [2.05, 4.69) is 10.6 Å². The topological polar surface area (TPSA) is 97.0 Å². The SMILES string of the molecule is CC(NCC(=O)NCCN1C(=O)CSC1=O)c1ccc2c(c1)OCCO2. The number of benzene rings is 1. The van der Waals surface area contributed by atoms with E-state index in [0.717, 1.165) is 28.0 Å². The molecule has 0 radical (unpaired) electrons. The van der Waals surface area contributed by atoms with Crippen molar-refractivity contribution in [3.63, 3.8) is 0 Å². The summed E-state index contributed by atoms with van der Waals surface area (Å²) in [7, 11) is 0. The molecule has 8 nitrogen and oxygen atoms in total. The first-order valence-corrected chi connectivity index (χ1v) is 9.40. The minimum atomic E-state index is -0.255. The summed E-state index contributed by atoms with van der Waals surface area (Å²) >= 11 is 0.987. The molecule has 2 N–H and O–H groups in total. The number of thioether (sulfide) groups is 1. The standard InChI is InChI=1S/C17H21N3O5S/c1-11(12-2-3-13-14(8-12)25-7-6-24-13)19-9-15(21)18-4-5-20-16(22)10-26-17(20)23/h2-3,8,11,19H,4-7,9-10H2,1H3,(H,18,21). The number of nitrogens with zero attached hydrogens (tertiary/aromatic N) is 1. The third-order valence-electron chi connectivity index (χ3n) is 4.13. The molecule has 0 bridgehead atoms. The summed E-state index contributed by atoms with van der Waals surface area (Å²) in [5, 5.41) is 5.59. The second kappa shape index (κ2) is 8.41. The fraction of sp³-hybridized carbons (Fsp3) is 0.471. The van der Waals surface area contributed by atoms with Gasteiger partial charge in [-0.05, 0) is 24.6 Å². The van der Waals surface area contributed by atoms with Gasteiger partial charge in [0.1, 0.15) is 13.2 Å². The molecule has 1 aromatic rings. The minimum absolute atomic E-state index is 0.0466. The maximum atomic E-state index is 11.9. The van der Waals surface area contributed by atoms with Crippen LogP contribution in [0.1, 0.15) is 18.5 Å². The number of imide groups is 1. The number of hydrogen-bond donors (Lipinski definition) is 2. The van der Waals surface area contributed by atoms with Gasteiger partial charge in [-0.2, -0.15) is 0 Å². The van der Waals surface area contributed by atoms with Crippen molar-refractivity contribution in [1.82, 2.24) is 15.5 Å². The molecule has 0 aliphatic carbocycles. The molecular weight excluding hydrogens is 358 g/mol. The number of amides is 3. The Morgan fingerprint density at radius 1 is 1.27 bits per heavy atom. The zero-order valence-electron chi connectivity index (χ0n) is 14.4. The summed E-state index contributed by atoms with van der Waals surface area (Å²) in [5.74, 6) is 1.22. The number of ether oxygens (including phenoxy) is 2. The predicted octanol–water partition coefficient (Wildman–Crippen LogP) is 0.920. The number of carbonyl (C=O) groups is 3. The lowest BCUT2D eigenvalue weighted by Gasteiger charge is -2.21. The Balaban J connectivity index is 1.41. The lowest BCUT2D eigenvalue weighted by Crippen LogP contribution is -2.40. The van der Waals surface area contributed by atoms with Gasteiger partial charge in [-0.15, -0.1) is 0 Å². The Morgan fingerprint density at radius 3 is 2.77 bits per heavy atom. The van der Waals surface area contributed by atoms with E-state index in [9.17, 15) is 14.4 Å². The van der Waals surface area contributed by atoms with Crippen LogP contribution in [0.15, 0.2) is 18.2 Å². The van der Waals surface area contributed by atoms with Gasteiger partial charge in [-0.1, -0.05) is 17.8 Å². The van der Waals surface area contributed by atoms with Crippen molar-refractivity contribution in [1.29, 1.82) is 0 Å². The van der Waals surface area contributed by atoms with Crippen LogP contribution in [0.4, 0.5) is 4.79 Å². The van der Waals surface area contributed by atoms with Crippen LogP contribution in [-0.2, 0) is 9.59 Å². The van der Waals surface area contributed by atoms with Crippen molar-refractivity contribution in [2.45, 2.75) is 13.0 Å². The average Bonchev–Trinajstić information content (AvgIpc) is 2.97. The summed E-state index contributed by atoms with van der Waals surface area (Å²) < 4.78 is 11.1. The molecule has 2 aliphatic heterocycles. The van der Waals surface area contributed by atoms with Gasteiger partial charge >= 0.3 is 0 Å². The van der Waals surface area contributed by atoms with E-state index in [1.54, 1.807) is 0 Å². The zero-order valence-corrected chi connectivity index (χ0v) is 15.3. The first-order valence-electron chi connectivity index (χ1n) is 8.41. The first kappa shape index (κ1) is 18.5. The van der Waals surface area contributed by atoms with E-state index in [0.29, 0.717) is 19.0 Å². The maximum absolute atomic E-state index is 11.9. The van der Waals surface area contributed by atoms with E-state index < -0.39 is 0 Å². The lowest BCUT2D eigenvalue weighted by atomic mass is 10.1. The molecule has 1 atom stereocenters. The van der Waals surface area contributed by atoms with Gasteiger partial charge in [0.05, 0.1) is 12.3 Å². The molecule has 0 spiro atoms. The normalized spacial score (nSPS) is 17.3. The number of hydrogen-bond acceptors (Lipinski definition) is 7. The molecule has 2 aliphatic rings. The molecule has 0 aromatic heterocycles. The summed E-state index contributed by atoms with van der Waals surface area (Å²) in [6.45, 7) is 3.61. The Labute approximate surface area is 155 Å². The Kier molecular flexibility index (Phi) is 6.00. The minimum Gasteiger partial charge on any atom is -0.486 e. The first-order chi connectivity index (χ1) is 12.5. The number of fused-ring (bicyclic) bond motifs is 1. The third kappa shape index (κ3) is 4.47. The third-order valence-corrected chi connectivity index (χ3v) is 4.99. The van der Waals surface area contributed by atoms with E-state index in [1.165, 1.54) is 0 Å². The molecule has 2 heterocycles. The Bertz CT molecular complexity index is 696. The van der Waals surface area contributed by atoms with E-state index in [-0.39, 0.29) is 48.5 Å². The highest BCUT2D eigenvalue weighted by molar-refractivity contribution is 8.14. The molecular formula is C17H21N3O5S. The van der Waals surface area contributed by atoms with Crippen molar-refractivity contribution < 1.29 is 23.9 Å². The summed E-state index contributed by atoms with van der Waals surface area (Å²) in [4.78, 5) is 36.0. The Morgan fingerprint density at radius 2 is 2.04 bits per heavy atom. The molecule has 26 heavy (non-hydrogen) atoms. The molecule has 9 heteroatoms. The maximum Gasteiger partial charge on any atom is 0.288 e. The van der Waals surface area contributed by atoms with Gasteiger partial charge in [0, 0.05) is 19.1 Å².